The van der Waals surface area contributed by atoms with Crippen LogP contribution >= 0.6 is 0 Å². The topological polar surface area (TPSA) is 68.3 Å². The van der Waals surface area contributed by atoms with Crippen LogP contribution < -0.4 is 11.1 Å². The molecule has 0 aliphatic carbocycles. The number of furan rings is 1. The van der Waals surface area contributed by atoms with Crippen molar-refractivity contribution < 1.29 is 9.21 Å². The molecule has 0 aliphatic rings. The van der Waals surface area contributed by atoms with Gasteiger partial charge >= 0.3 is 0 Å². The highest BCUT2D eigenvalue weighted by Gasteiger charge is 2.23. The van der Waals surface area contributed by atoms with Gasteiger partial charge in [-0.3, -0.25) is 4.79 Å². The first-order chi connectivity index (χ1) is 7.54. The zero-order valence-corrected chi connectivity index (χ0v) is 10.2. The summed E-state index contributed by atoms with van der Waals surface area (Å²) in [5.41, 5.74) is 5.24. The maximum absolute atomic E-state index is 11.9. The van der Waals surface area contributed by atoms with Crippen LogP contribution in [0.2, 0.25) is 0 Å². The molecule has 0 unspecified atom stereocenters. The maximum atomic E-state index is 11.9. The summed E-state index contributed by atoms with van der Waals surface area (Å²) < 4.78 is 5.29. The summed E-state index contributed by atoms with van der Waals surface area (Å²) in [6, 6.07) is 3.38. The molecule has 0 aromatic carbocycles. The fourth-order valence-electron chi connectivity index (χ4n) is 1.37. The minimum Gasteiger partial charge on any atom is -0.455 e. The summed E-state index contributed by atoms with van der Waals surface area (Å²) in [7, 11) is 0. The molecule has 4 heteroatoms. The Kier molecular flexibility index (Phi) is 4.12. The van der Waals surface area contributed by atoms with Crippen molar-refractivity contribution in [2.24, 2.45) is 5.73 Å². The number of nitrogens with two attached hydrogens (primary N) is 1. The fourth-order valence-corrected chi connectivity index (χ4v) is 1.37. The van der Waals surface area contributed by atoms with Crippen LogP contribution in [0.1, 0.15) is 49.9 Å². The number of amides is 1. The molecule has 0 saturated heterocycles. The standard InChI is InChI=1S/C12H20N2O2/c1-4-12(3,5-2)14-11(15)10-7-6-9(8-13)16-10/h6-7H,4-5,8,13H2,1-3H3,(H,14,15). The lowest BCUT2D eigenvalue weighted by Gasteiger charge is -2.27. The van der Waals surface area contributed by atoms with Crippen LogP contribution in [0.3, 0.4) is 0 Å². The highest BCUT2D eigenvalue weighted by atomic mass is 16.4. The Hall–Kier alpha value is -1.29. The molecule has 0 fully saturated rings. The lowest BCUT2D eigenvalue weighted by Crippen LogP contribution is -2.44. The van der Waals surface area contributed by atoms with E-state index in [9.17, 15) is 4.79 Å². The lowest BCUT2D eigenvalue weighted by molar-refractivity contribution is 0.0870. The lowest BCUT2D eigenvalue weighted by atomic mass is 9.95. The second-order valence-electron chi connectivity index (χ2n) is 4.19. The minimum atomic E-state index is -0.175. The van der Waals surface area contributed by atoms with Crippen LogP contribution in [0, 0.1) is 0 Å². The molecular weight excluding hydrogens is 204 g/mol. The van der Waals surface area contributed by atoms with Crippen molar-refractivity contribution in [2.75, 3.05) is 0 Å². The third kappa shape index (κ3) is 2.85. The average molecular weight is 224 g/mol. The minimum absolute atomic E-state index is 0.174. The van der Waals surface area contributed by atoms with Crippen molar-refractivity contribution >= 4 is 5.91 Å². The summed E-state index contributed by atoms with van der Waals surface area (Å²) in [6.07, 6.45) is 1.78. The van der Waals surface area contributed by atoms with E-state index in [4.69, 9.17) is 10.2 Å². The van der Waals surface area contributed by atoms with Crippen LogP contribution in [0.5, 0.6) is 0 Å². The largest absolute Gasteiger partial charge is 0.455 e. The summed E-state index contributed by atoms with van der Waals surface area (Å²) in [6.45, 7) is 6.44. The van der Waals surface area contributed by atoms with Gasteiger partial charge in [0.2, 0.25) is 0 Å². The van der Waals surface area contributed by atoms with Gasteiger partial charge in [0.05, 0.1) is 6.54 Å². The molecule has 0 aliphatic heterocycles. The summed E-state index contributed by atoms with van der Waals surface area (Å²) in [5, 5.41) is 2.97. The molecule has 0 spiro atoms. The predicted molar refractivity (Wildman–Crippen MR) is 63.1 cm³/mol. The molecule has 1 rings (SSSR count). The second-order valence-corrected chi connectivity index (χ2v) is 4.19. The molecular formula is C12H20N2O2. The van der Waals surface area contributed by atoms with Crippen molar-refractivity contribution in [2.45, 2.75) is 45.7 Å². The monoisotopic (exact) mass is 224 g/mol. The van der Waals surface area contributed by atoms with Gasteiger partial charge in [-0.25, -0.2) is 0 Å². The van der Waals surface area contributed by atoms with E-state index in [2.05, 4.69) is 19.2 Å². The summed E-state index contributed by atoms with van der Waals surface area (Å²) >= 11 is 0. The van der Waals surface area contributed by atoms with E-state index in [0.717, 1.165) is 12.8 Å². The van der Waals surface area contributed by atoms with Gasteiger partial charge in [-0.2, -0.15) is 0 Å². The van der Waals surface area contributed by atoms with Crippen molar-refractivity contribution in [1.29, 1.82) is 0 Å². The van der Waals surface area contributed by atoms with Crippen molar-refractivity contribution in [1.82, 2.24) is 5.32 Å². The van der Waals surface area contributed by atoms with Crippen molar-refractivity contribution in [3.8, 4) is 0 Å². The van der Waals surface area contributed by atoms with E-state index in [1.165, 1.54) is 0 Å². The molecule has 0 saturated carbocycles. The quantitative estimate of drug-likeness (QED) is 0.804. The number of nitrogens with one attached hydrogen (secondary N) is 1. The zero-order chi connectivity index (χ0) is 12.2. The normalized spacial score (nSPS) is 11.5. The first kappa shape index (κ1) is 12.8. The Morgan fingerprint density at radius 2 is 2.06 bits per heavy atom. The second kappa shape index (κ2) is 5.16. The Morgan fingerprint density at radius 1 is 1.44 bits per heavy atom. The van der Waals surface area contributed by atoms with Gasteiger partial charge in [0.15, 0.2) is 5.76 Å². The molecule has 0 atom stereocenters. The first-order valence-electron chi connectivity index (χ1n) is 5.66. The van der Waals surface area contributed by atoms with E-state index >= 15 is 0 Å². The van der Waals surface area contributed by atoms with E-state index in [1.54, 1.807) is 12.1 Å². The van der Waals surface area contributed by atoms with Crippen molar-refractivity contribution in [3.05, 3.63) is 23.7 Å². The molecule has 4 nitrogen and oxygen atoms in total. The highest BCUT2D eigenvalue weighted by molar-refractivity contribution is 5.92. The SMILES string of the molecule is CCC(C)(CC)NC(=O)c1ccc(CN)o1. The number of carbonyl (C=O) groups is 1. The molecule has 0 radical (unpaired) electrons. The molecule has 1 aromatic heterocycles. The molecule has 90 valence electrons. The number of hydrogen-bond donors (Lipinski definition) is 2. The van der Waals surface area contributed by atoms with Gasteiger partial charge in [0.25, 0.3) is 5.91 Å². The Morgan fingerprint density at radius 3 is 2.50 bits per heavy atom. The third-order valence-corrected chi connectivity index (χ3v) is 3.06. The molecule has 0 bridgehead atoms. The van der Waals surface area contributed by atoms with Crippen LogP contribution in [0.4, 0.5) is 0 Å². The molecule has 1 heterocycles. The highest BCUT2D eigenvalue weighted by Crippen LogP contribution is 2.15. The number of rotatable bonds is 5. The van der Waals surface area contributed by atoms with E-state index in [0.29, 0.717) is 18.1 Å². The van der Waals surface area contributed by atoms with Crippen LogP contribution in [-0.2, 0) is 6.54 Å². The molecule has 1 aromatic rings. The maximum Gasteiger partial charge on any atom is 0.287 e. The van der Waals surface area contributed by atoms with Crippen LogP contribution in [0.25, 0.3) is 0 Å². The van der Waals surface area contributed by atoms with Crippen LogP contribution in [0.15, 0.2) is 16.5 Å². The Balaban J connectivity index is 2.71. The predicted octanol–water partition coefficient (Wildman–Crippen LogP) is 2.05. The van der Waals surface area contributed by atoms with Gasteiger partial charge in [0.1, 0.15) is 5.76 Å². The van der Waals surface area contributed by atoms with Crippen molar-refractivity contribution in [3.63, 3.8) is 0 Å². The van der Waals surface area contributed by atoms with Gasteiger partial charge < -0.3 is 15.5 Å². The zero-order valence-electron chi connectivity index (χ0n) is 10.2. The summed E-state index contributed by atoms with van der Waals surface area (Å²) in [4.78, 5) is 11.9. The van der Waals surface area contributed by atoms with Gasteiger partial charge in [-0.05, 0) is 31.9 Å². The van der Waals surface area contributed by atoms with Gasteiger partial charge in [0, 0.05) is 5.54 Å². The van der Waals surface area contributed by atoms with E-state index < -0.39 is 0 Å². The van der Waals surface area contributed by atoms with E-state index in [-0.39, 0.29) is 11.4 Å². The Bertz CT molecular complexity index is 354. The Labute approximate surface area is 96.2 Å². The molecule has 3 N–H and O–H groups in total. The fraction of sp³-hybridized carbons (Fsp3) is 0.583. The number of carbonyl (C=O) groups excluding carboxylic acids is 1. The molecule has 16 heavy (non-hydrogen) atoms. The van der Waals surface area contributed by atoms with E-state index in [1.807, 2.05) is 6.92 Å². The molecule has 1 amide bonds. The first-order valence-corrected chi connectivity index (χ1v) is 5.66. The smallest absolute Gasteiger partial charge is 0.287 e. The summed E-state index contributed by atoms with van der Waals surface area (Å²) in [5.74, 6) is 0.777. The number of hydrogen-bond acceptors (Lipinski definition) is 3. The van der Waals surface area contributed by atoms with Gasteiger partial charge in [-0.1, -0.05) is 13.8 Å². The average Bonchev–Trinajstić information content (AvgIpc) is 2.77. The van der Waals surface area contributed by atoms with Crippen LogP contribution in [-0.4, -0.2) is 11.4 Å². The van der Waals surface area contributed by atoms with Gasteiger partial charge in [-0.15, -0.1) is 0 Å². The third-order valence-electron chi connectivity index (χ3n) is 3.06.